The number of benzene rings is 1. The van der Waals surface area contributed by atoms with E-state index in [1.54, 1.807) is 18.9 Å². The second-order valence-corrected chi connectivity index (χ2v) is 6.85. The van der Waals surface area contributed by atoms with Crippen LogP contribution < -0.4 is 10.1 Å². The number of hydrogen-bond acceptors (Lipinski definition) is 4. The molecule has 2 aliphatic heterocycles. The minimum absolute atomic E-state index is 0. The van der Waals surface area contributed by atoms with Crippen LogP contribution in [0.15, 0.2) is 24.3 Å². The summed E-state index contributed by atoms with van der Waals surface area (Å²) in [5.41, 5.74) is 1.30. The van der Waals surface area contributed by atoms with Gasteiger partial charge in [-0.15, -0.1) is 24.2 Å². The maximum Gasteiger partial charge on any atom is 0.240 e. The highest BCUT2D eigenvalue weighted by molar-refractivity contribution is 7.99. The number of thioether (sulfide) groups is 1. The topological polar surface area (TPSA) is 41.6 Å². The van der Waals surface area contributed by atoms with Crippen molar-refractivity contribution in [2.75, 3.05) is 25.3 Å². The number of likely N-dealkylation sites (tertiary alicyclic amines) is 1. The molecular weight excluding hydrogens is 320 g/mol. The van der Waals surface area contributed by atoms with Gasteiger partial charge in [-0.2, -0.15) is 0 Å². The van der Waals surface area contributed by atoms with E-state index in [9.17, 15) is 4.79 Å². The molecule has 4 nitrogen and oxygen atoms in total. The molecule has 1 N–H and O–H groups in total. The molecule has 3 atom stereocenters. The minimum Gasteiger partial charge on any atom is -0.497 e. The molecule has 2 fully saturated rings. The second-order valence-electron chi connectivity index (χ2n) is 5.82. The summed E-state index contributed by atoms with van der Waals surface area (Å²) in [6, 6.07) is 8.56. The van der Waals surface area contributed by atoms with Crippen molar-refractivity contribution in [3.8, 4) is 5.75 Å². The van der Waals surface area contributed by atoms with Crippen LogP contribution in [-0.2, 0) is 4.79 Å². The fraction of sp³-hybridized carbons (Fsp3) is 0.562. The lowest BCUT2D eigenvalue weighted by Crippen LogP contribution is -2.46. The van der Waals surface area contributed by atoms with Crippen molar-refractivity contribution in [1.29, 1.82) is 0 Å². The first-order chi connectivity index (χ1) is 10.2. The number of carbonyl (C=O) groups excluding carboxylic acids is 1. The average Bonchev–Trinajstić information content (AvgIpc) is 3.16. The molecule has 1 amide bonds. The summed E-state index contributed by atoms with van der Waals surface area (Å²) in [5, 5.41) is 3.28. The number of ether oxygens (including phenoxy) is 1. The number of methoxy groups -OCH3 is 1. The van der Waals surface area contributed by atoms with E-state index in [-0.39, 0.29) is 24.4 Å². The lowest BCUT2D eigenvalue weighted by atomic mass is 9.97. The maximum atomic E-state index is 12.6. The van der Waals surface area contributed by atoms with E-state index in [4.69, 9.17) is 4.74 Å². The summed E-state index contributed by atoms with van der Waals surface area (Å²) >= 11 is 1.80. The normalized spacial score (nSPS) is 27.5. The molecule has 6 heteroatoms. The summed E-state index contributed by atoms with van der Waals surface area (Å²) in [6.45, 7) is 2.98. The average molecular weight is 343 g/mol. The first-order valence-corrected chi connectivity index (χ1v) is 8.60. The molecule has 0 bridgehead atoms. The molecule has 0 aliphatic carbocycles. The predicted octanol–water partition coefficient (Wildman–Crippen LogP) is 2.48. The van der Waals surface area contributed by atoms with Crippen LogP contribution in [0, 0.1) is 0 Å². The number of rotatable bonds is 3. The Labute approximate surface area is 142 Å². The fourth-order valence-electron chi connectivity index (χ4n) is 3.21. The van der Waals surface area contributed by atoms with Crippen molar-refractivity contribution in [2.45, 2.75) is 31.3 Å². The van der Waals surface area contributed by atoms with Gasteiger partial charge in [0.2, 0.25) is 5.91 Å². The Morgan fingerprint density at radius 1 is 1.36 bits per heavy atom. The van der Waals surface area contributed by atoms with E-state index >= 15 is 0 Å². The molecule has 2 saturated heterocycles. The molecule has 122 valence electrons. The Balaban J connectivity index is 0.00000176. The molecule has 2 aliphatic rings. The Morgan fingerprint density at radius 3 is 2.68 bits per heavy atom. The molecule has 0 radical (unpaired) electrons. The summed E-state index contributed by atoms with van der Waals surface area (Å²) in [5.74, 6) is 3.37. The Hall–Kier alpha value is -0.910. The van der Waals surface area contributed by atoms with Crippen molar-refractivity contribution in [2.24, 2.45) is 0 Å². The van der Waals surface area contributed by atoms with Gasteiger partial charge in [-0.1, -0.05) is 12.1 Å². The monoisotopic (exact) mass is 342 g/mol. The highest BCUT2D eigenvalue weighted by atomic mass is 35.5. The fourth-order valence-corrected chi connectivity index (χ4v) is 4.14. The molecular formula is C16H23ClN2O2S. The lowest BCUT2D eigenvalue weighted by Gasteiger charge is -2.24. The van der Waals surface area contributed by atoms with Crippen LogP contribution in [0.2, 0.25) is 0 Å². The lowest BCUT2D eigenvalue weighted by molar-refractivity contribution is -0.133. The smallest absolute Gasteiger partial charge is 0.240 e. The molecule has 3 unspecified atom stereocenters. The van der Waals surface area contributed by atoms with E-state index in [1.165, 1.54) is 5.56 Å². The predicted molar refractivity (Wildman–Crippen MR) is 93.0 cm³/mol. The van der Waals surface area contributed by atoms with Gasteiger partial charge in [0.25, 0.3) is 0 Å². The van der Waals surface area contributed by atoms with Crippen LogP contribution in [0.25, 0.3) is 0 Å². The van der Waals surface area contributed by atoms with Crippen LogP contribution in [0.5, 0.6) is 5.75 Å². The molecule has 1 aromatic carbocycles. The van der Waals surface area contributed by atoms with Crippen molar-refractivity contribution in [3.63, 3.8) is 0 Å². The third kappa shape index (κ3) is 3.53. The third-order valence-corrected chi connectivity index (χ3v) is 5.40. The summed E-state index contributed by atoms with van der Waals surface area (Å²) in [4.78, 5) is 14.6. The van der Waals surface area contributed by atoms with Crippen molar-refractivity contribution in [1.82, 2.24) is 10.2 Å². The largest absolute Gasteiger partial charge is 0.497 e. The molecule has 0 spiro atoms. The van der Waals surface area contributed by atoms with Gasteiger partial charge in [-0.3, -0.25) is 10.1 Å². The number of hydrogen-bond donors (Lipinski definition) is 1. The number of carbonyl (C=O) groups is 1. The third-order valence-electron chi connectivity index (χ3n) is 4.46. The molecule has 3 rings (SSSR count). The molecule has 0 saturated carbocycles. The zero-order valence-corrected chi connectivity index (χ0v) is 14.6. The van der Waals surface area contributed by atoms with Gasteiger partial charge in [0.1, 0.15) is 5.75 Å². The molecule has 0 aromatic heterocycles. The van der Waals surface area contributed by atoms with Crippen LogP contribution >= 0.6 is 24.2 Å². The summed E-state index contributed by atoms with van der Waals surface area (Å²) in [6.07, 6.45) is 1.04. The Kier molecular flexibility index (Phi) is 6.01. The highest BCUT2D eigenvalue weighted by Gasteiger charge is 2.37. The van der Waals surface area contributed by atoms with Gasteiger partial charge >= 0.3 is 0 Å². The van der Waals surface area contributed by atoms with Gasteiger partial charge in [-0.25, -0.2) is 0 Å². The molecule has 2 heterocycles. The van der Waals surface area contributed by atoms with Crippen molar-refractivity contribution < 1.29 is 9.53 Å². The van der Waals surface area contributed by atoms with Gasteiger partial charge in [0, 0.05) is 30.1 Å². The Morgan fingerprint density at radius 2 is 2.09 bits per heavy atom. The van der Waals surface area contributed by atoms with Crippen LogP contribution in [0.3, 0.4) is 0 Å². The van der Waals surface area contributed by atoms with Crippen molar-refractivity contribution in [3.05, 3.63) is 29.8 Å². The highest BCUT2D eigenvalue weighted by Crippen LogP contribution is 2.33. The van der Waals surface area contributed by atoms with Crippen molar-refractivity contribution >= 4 is 30.1 Å². The molecule has 22 heavy (non-hydrogen) atoms. The quantitative estimate of drug-likeness (QED) is 0.916. The number of nitrogens with one attached hydrogen (secondary N) is 1. The van der Waals surface area contributed by atoms with Gasteiger partial charge in [-0.05, 0) is 31.0 Å². The van der Waals surface area contributed by atoms with Crippen LogP contribution in [0.1, 0.15) is 24.8 Å². The number of halogens is 1. The summed E-state index contributed by atoms with van der Waals surface area (Å²) < 4.78 is 5.20. The first-order valence-electron chi connectivity index (χ1n) is 7.44. The van der Waals surface area contributed by atoms with Gasteiger partial charge in [0.15, 0.2) is 0 Å². The standard InChI is InChI=1S/C16H22N2O2S.ClH/c1-11-7-13(12-3-5-14(20-2)6-4-12)8-18(11)16(19)15-9-21-10-17-15;/h3-6,11,13,15,17H,7-10H2,1-2H3;1H. The minimum atomic E-state index is 0. The van der Waals surface area contributed by atoms with E-state index in [0.717, 1.165) is 30.3 Å². The summed E-state index contributed by atoms with van der Waals surface area (Å²) in [7, 11) is 1.68. The molecule has 1 aromatic rings. The first kappa shape index (κ1) is 17.4. The second kappa shape index (κ2) is 7.57. The maximum absolute atomic E-state index is 12.6. The zero-order valence-electron chi connectivity index (χ0n) is 13.0. The van der Waals surface area contributed by atoms with E-state index in [0.29, 0.717) is 12.0 Å². The SMILES string of the molecule is COc1ccc(C2CC(C)N(C(=O)C3CSCN3)C2)cc1.Cl. The van der Waals surface area contributed by atoms with Crippen LogP contribution in [0.4, 0.5) is 0 Å². The number of amides is 1. The van der Waals surface area contributed by atoms with E-state index in [1.807, 2.05) is 12.1 Å². The zero-order chi connectivity index (χ0) is 14.8. The number of nitrogens with zero attached hydrogens (tertiary/aromatic N) is 1. The van der Waals surface area contributed by atoms with Gasteiger partial charge in [0.05, 0.1) is 13.2 Å². The Bertz CT molecular complexity index is 505. The van der Waals surface area contributed by atoms with Gasteiger partial charge < -0.3 is 9.64 Å². The van der Waals surface area contributed by atoms with E-state index < -0.39 is 0 Å². The van der Waals surface area contributed by atoms with Crippen LogP contribution in [-0.4, -0.2) is 48.2 Å². The van der Waals surface area contributed by atoms with E-state index in [2.05, 4.69) is 29.3 Å².